The first kappa shape index (κ1) is 14.9. The summed E-state index contributed by atoms with van der Waals surface area (Å²) in [7, 11) is 3.30. The quantitative estimate of drug-likeness (QED) is 0.716. The summed E-state index contributed by atoms with van der Waals surface area (Å²) in [5.74, 6) is -0.269. The number of hydrogen-bond acceptors (Lipinski definition) is 4. The highest BCUT2D eigenvalue weighted by Crippen LogP contribution is 2.13. The van der Waals surface area contributed by atoms with Gasteiger partial charge in [0.15, 0.2) is 0 Å². The zero-order valence-electron chi connectivity index (χ0n) is 11.0. The Labute approximate surface area is 107 Å². The molecule has 0 unspecified atom stereocenters. The molecular weight excluding hydrogens is 235 g/mol. The first-order valence-electron chi connectivity index (χ1n) is 5.91. The number of ether oxygens (including phenoxy) is 2. The van der Waals surface area contributed by atoms with Gasteiger partial charge in [0.25, 0.3) is 0 Å². The molecule has 1 aromatic carbocycles. The lowest BCUT2D eigenvalue weighted by Gasteiger charge is -2.22. The molecule has 0 aromatic heterocycles. The predicted molar refractivity (Wildman–Crippen MR) is 69.8 cm³/mol. The number of nitrogens with two attached hydrogens (primary N) is 1. The van der Waals surface area contributed by atoms with E-state index in [0.29, 0.717) is 31.0 Å². The predicted octanol–water partition coefficient (Wildman–Crippen LogP) is 1.50. The zero-order chi connectivity index (χ0) is 13.4. The summed E-state index contributed by atoms with van der Waals surface area (Å²) >= 11 is 0. The maximum Gasteiger partial charge on any atom is 0.129 e. The third kappa shape index (κ3) is 5.00. The number of benzene rings is 1. The van der Waals surface area contributed by atoms with Crippen LogP contribution in [0, 0.1) is 5.82 Å². The molecular formula is C13H21FN2O2. The average Bonchev–Trinajstić information content (AvgIpc) is 2.35. The van der Waals surface area contributed by atoms with Gasteiger partial charge in [-0.3, -0.25) is 4.90 Å². The molecule has 102 valence electrons. The molecule has 0 heterocycles. The van der Waals surface area contributed by atoms with Gasteiger partial charge in [-0.25, -0.2) is 4.39 Å². The standard InChI is InChI=1S/C13H21FN2O2/c1-17-7-5-16(6-8-18-2)10-11-3-4-12(15)9-13(11)14/h3-4,9H,5-8,10,15H2,1-2H3. The van der Waals surface area contributed by atoms with Gasteiger partial charge in [-0.15, -0.1) is 0 Å². The summed E-state index contributed by atoms with van der Waals surface area (Å²) in [5, 5.41) is 0. The molecule has 0 aliphatic rings. The van der Waals surface area contributed by atoms with Crippen LogP contribution < -0.4 is 5.73 Å². The van der Waals surface area contributed by atoms with Gasteiger partial charge in [-0.1, -0.05) is 6.07 Å². The third-order valence-electron chi connectivity index (χ3n) is 2.69. The number of nitrogen functional groups attached to an aromatic ring is 1. The minimum absolute atomic E-state index is 0.269. The van der Waals surface area contributed by atoms with E-state index in [-0.39, 0.29) is 5.82 Å². The Morgan fingerprint density at radius 2 is 1.78 bits per heavy atom. The van der Waals surface area contributed by atoms with Crippen molar-refractivity contribution < 1.29 is 13.9 Å². The minimum Gasteiger partial charge on any atom is -0.399 e. The van der Waals surface area contributed by atoms with Crippen LogP contribution in [0.2, 0.25) is 0 Å². The Morgan fingerprint density at radius 3 is 2.28 bits per heavy atom. The number of halogens is 1. The van der Waals surface area contributed by atoms with Gasteiger partial charge >= 0.3 is 0 Å². The monoisotopic (exact) mass is 256 g/mol. The summed E-state index contributed by atoms with van der Waals surface area (Å²) in [5.41, 5.74) is 6.60. The van der Waals surface area contributed by atoms with E-state index in [4.69, 9.17) is 15.2 Å². The van der Waals surface area contributed by atoms with E-state index in [2.05, 4.69) is 4.90 Å². The first-order chi connectivity index (χ1) is 8.67. The van der Waals surface area contributed by atoms with E-state index >= 15 is 0 Å². The molecule has 2 N–H and O–H groups in total. The highest BCUT2D eigenvalue weighted by atomic mass is 19.1. The Kier molecular flexibility index (Phi) is 6.64. The molecule has 0 atom stereocenters. The number of nitrogens with zero attached hydrogens (tertiary/aromatic N) is 1. The molecule has 0 radical (unpaired) electrons. The van der Waals surface area contributed by atoms with Crippen LogP contribution in [0.5, 0.6) is 0 Å². The smallest absolute Gasteiger partial charge is 0.129 e. The maximum atomic E-state index is 13.7. The van der Waals surface area contributed by atoms with Crippen LogP contribution in [-0.2, 0) is 16.0 Å². The molecule has 1 rings (SSSR count). The van der Waals surface area contributed by atoms with Crippen molar-refractivity contribution >= 4 is 5.69 Å². The Hall–Kier alpha value is -1.17. The molecule has 0 spiro atoms. The van der Waals surface area contributed by atoms with E-state index in [0.717, 1.165) is 13.1 Å². The second kappa shape index (κ2) is 8.02. The topological polar surface area (TPSA) is 47.7 Å². The van der Waals surface area contributed by atoms with Crippen LogP contribution in [0.3, 0.4) is 0 Å². The van der Waals surface area contributed by atoms with Gasteiger partial charge < -0.3 is 15.2 Å². The Bertz CT molecular complexity index is 353. The molecule has 5 heteroatoms. The summed E-state index contributed by atoms with van der Waals surface area (Å²) < 4.78 is 23.8. The van der Waals surface area contributed by atoms with Crippen molar-refractivity contribution in [3.63, 3.8) is 0 Å². The van der Waals surface area contributed by atoms with Crippen LogP contribution >= 0.6 is 0 Å². The van der Waals surface area contributed by atoms with E-state index in [1.54, 1.807) is 26.4 Å². The van der Waals surface area contributed by atoms with Gasteiger partial charge in [0.2, 0.25) is 0 Å². The largest absolute Gasteiger partial charge is 0.399 e. The summed E-state index contributed by atoms with van der Waals surface area (Å²) in [6.07, 6.45) is 0. The fourth-order valence-corrected chi connectivity index (χ4v) is 1.64. The second-order valence-corrected chi connectivity index (χ2v) is 4.11. The molecule has 0 saturated carbocycles. The SMILES string of the molecule is COCCN(CCOC)Cc1ccc(N)cc1F. The number of anilines is 1. The van der Waals surface area contributed by atoms with Gasteiger partial charge in [0, 0.05) is 45.1 Å². The molecule has 18 heavy (non-hydrogen) atoms. The molecule has 0 bridgehead atoms. The molecule has 0 aliphatic heterocycles. The van der Waals surface area contributed by atoms with Crippen molar-refractivity contribution in [2.24, 2.45) is 0 Å². The van der Waals surface area contributed by atoms with Gasteiger partial charge in [-0.05, 0) is 12.1 Å². The zero-order valence-corrected chi connectivity index (χ0v) is 11.0. The van der Waals surface area contributed by atoms with E-state index in [1.165, 1.54) is 6.07 Å². The van der Waals surface area contributed by atoms with Crippen LogP contribution in [0.25, 0.3) is 0 Å². The van der Waals surface area contributed by atoms with Gasteiger partial charge in [0.1, 0.15) is 5.82 Å². The molecule has 0 amide bonds. The van der Waals surface area contributed by atoms with Crippen LogP contribution in [0.15, 0.2) is 18.2 Å². The lowest BCUT2D eigenvalue weighted by molar-refractivity contribution is 0.109. The summed E-state index contributed by atoms with van der Waals surface area (Å²) in [4.78, 5) is 2.08. The number of hydrogen-bond donors (Lipinski definition) is 1. The van der Waals surface area contributed by atoms with Crippen LogP contribution in [-0.4, -0.2) is 45.4 Å². The summed E-state index contributed by atoms with van der Waals surface area (Å²) in [6.45, 7) is 3.23. The molecule has 0 aliphatic carbocycles. The summed E-state index contributed by atoms with van der Waals surface area (Å²) in [6, 6.07) is 4.78. The lowest BCUT2D eigenvalue weighted by Crippen LogP contribution is -2.30. The van der Waals surface area contributed by atoms with E-state index in [9.17, 15) is 4.39 Å². The molecule has 1 aromatic rings. The fraction of sp³-hybridized carbons (Fsp3) is 0.538. The van der Waals surface area contributed by atoms with Gasteiger partial charge in [0.05, 0.1) is 13.2 Å². The third-order valence-corrected chi connectivity index (χ3v) is 2.69. The lowest BCUT2D eigenvalue weighted by atomic mass is 10.2. The number of rotatable bonds is 8. The van der Waals surface area contributed by atoms with Crippen molar-refractivity contribution in [2.45, 2.75) is 6.54 Å². The van der Waals surface area contributed by atoms with Crippen molar-refractivity contribution in [1.82, 2.24) is 4.90 Å². The van der Waals surface area contributed by atoms with Crippen molar-refractivity contribution in [3.8, 4) is 0 Å². The fourth-order valence-electron chi connectivity index (χ4n) is 1.64. The van der Waals surface area contributed by atoms with Crippen molar-refractivity contribution in [2.75, 3.05) is 46.3 Å². The second-order valence-electron chi connectivity index (χ2n) is 4.11. The first-order valence-corrected chi connectivity index (χ1v) is 5.91. The van der Waals surface area contributed by atoms with Crippen LogP contribution in [0.4, 0.5) is 10.1 Å². The van der Waals surface area contributed by atoms with E-state index < -0.39 is 0 Å². The maximum absolute atomic E-state index is 13.7. The highest BCUT2D eigenvalue weighted by molar-refractivity contribution is 5.40. The molecule has 4 nitrogen and oxygen atoms in total. The van der Waals surface area contributed by atoms with Crippen molar-refractivity contribution in [1.29, 1.82) is 0 Å². The normalized spacial score (nSPS) is 11.1. The molecule has 0 saturated heterocycles. The number of methoxy groups -OCH3 is 2. The molecule has 0 fully saturated rings. The van der Waals surface area contributed by atoms with Gasteiger partial charge in [-0.2, -0.15) is 0 Å². The highest BCUT2D eigenvalue weighted by Gasteiger charge is 2.09. The minimum atomic E-state index is -0.269. The van der Waals surface area contributed by atoms with Crippen LogP contribution in [0.1, 0.15) is 5.56 Å². The Balaban J connectivity index is 2.62. The van der Waals surface area contributed by atoms with E-state index in [1.807, 2.05) is 0 Å². The average molecular weight is 256 g/mol. The van der Waals surface area contributed by atoms with Crippen molar-refractivity contribution in [3.05, 3.63) is 29.6 Å². The Morgan fingerprint density at radius 1 is 1.17 bits per heavy atom.